The van der Waals surface area contributed by atoms with Crippen molar-refractivity contribution in [3.05, 3.63) is 29.8 Å². The number of hydrogen-bond acceptors (Lipinski definition) is 4. The van der Waals surface area contributed by atoms with Crippen LogP contribution in [0.15, 0.2) is 29.3 Å². The minimum atomic E-state index is -0.0985. The van der Waals surface area contributed by atoms with Crippen molar-refractivity contribution in [2.45, 2.75) is 18.9 Å². The molecular weight excluding hydrogens is 202 g/mol. The summed E-state index contributed by atoms with van der Waals surface area (Å²) in [6, 6.07) is 8.02. The van der Waals surface area contributed by atoms with Gasteiger partial charge in [-0.05, 0) is 18.6 Å². The molecule has 1 unspecified atom stereocenters. The molecule has 0 saturated heterocycles. The minimum Gasteiger partial charge on any atom is -0.496 e. The molecule has 0 radical (unpaired) electrons. The van der Waals surface area contributed by atoms with Crippen LogP contribution in [0.3, 0.4) is 0 Å². The first-order valence-electron chi connectivity index (χ1n) is 5.33. The first kappa shape index (κ1) is 10.8. The number of nitrogens with two attached hydrogens (primary N) is 1. The monoisotopic (exact) mass is 219 g/mol. The zero-order valence-electron chi connectivity index (χ0n) is 9.66. The molecule has 1 atom stereocenters. The zero-order valence-corrected chi connectivity index (χ0v) is 9.66. The lowest BCUT2D eigenvalue weighted by Crippen LogP contribution is -2.47. The SMILES string of the molecule is COc1ccccc1CC1(C)CN=C(N)N1. The highest BCUT2D eigenvalue weighted by Crippen LogP contribution is 2.24. The van der Waals surface area contributed by atoms with Gasteiger partial charge in [-0.15, -0.1) is 0 Å². The van der Waals surface area contributed by atoms with Crippen LogP contribution in [0.1, 0.15) is 12.5 Å². The molecular formula is C12H17N3O. The Morgan fingerprint density at radius 3 is 2.88 bits per heavy atom. The summed E-state index contributed by atoms with van der Waals surface area (Å²) in [4.78, 5) is 4.18. The molecule has 0 saturated carbocycles. The molecule has 1 aromatic carbocycles. The van der Waals surface area contributed by atoms with E-state index in [9.17, 15) is 0 Å². The van der Waals surface area contributed by atoms with Gasteiger partial charge in [0.2, 0.25) is 0 Å². The largest absolute Gasteiger partial charge is 0.496 e. The molecule has 0 aliphatic carbocycles. The van der Waals surface area contributed by atoms with Crippen molar-refractivity contribution in [1.82, 2.24) is 5.32 Å². The van der Waals surface area contributed by atoms with Gasteiger partial charge in [-0.1, -0.05) is 18.2 Å². The summed E-state index contributed by atoms with van der Waals surface area (Å²) < 4.78 is 5.33. The van der Waals surface area contributed by atoms with Crippen molar-refractivity contribution in [2.24, 2.45) is 10.7 Å². The number of ether oxygens (including phenoxy) is 1. The maximum Gasteiger partial charge on any atom is 0.189 e. The van der Waals surface area contributed by atoms with Gasteiger partial charge in [0, 0.05) is 6.42 Å². The van der Waals surface area contributed by atoms with Gasteiger partial charge in [0.05, 0.1) is 19.2 Å². The lowest BCUT2D eigenvalue weighted by Gasteiger charge is -2.25. The van der Waals surface area contributed by atoms with E-state index in [1.54, 1.807) is 7.11 Å². The van der Waals surface area contributed by atoms with E-state index in [-0.39, 0.29) is 5.54 Å². The number of nitrogens with one attached hydrogen (secondary N) is 1. The molecule has 1 aliphatic heterocycles. The summed E-state index contributed by atoms with van der Waals surface area (Å²) in [7, 11) is 1.69. The van der Waals surface area contributed by atoms with Crippen LogP contribution >= 0.6 is 0 Å². The first-order chi connectivity index (χ1) is 7.63. The molecule has 1 aliphatic rings. The number of benzene rings is 1. The molecule has 2 rings (SSSR count). The van der Waals surface area contributed by atoms with E-state index in [4.69, 9.17) is 10.5 Å². The van der Waals surface area contributed by atoms with Gasteiger partial charge in [0.1, 0.15) is 5.75 Å². The molecule has 1 heterocycles. The van der Waals surface area contributed by atoms with Crippen molar-refractivity contribution < 1.29 is 4.74 Å². The lowest BCUT2D eigenvalue weighted by atomic mass is 9.93. The third-order valence-electron chi connectivity index (χ3n) is 2.80. The Bertz CT molecular complexity index is 416. The van der Waals surface area contributed by atoms with E-state index in [2.05, 4.69) is 23.3 Å². The Balaban J connectivity index is 2.15. The quantitative estimate of drug-likeness (QED) is 0.794. The molecule has 4 heteroatoms. The number of methoxy groups -OCH3 is 1. The van der Waals surface area contributed by atoms with Crippen LogP contribution in [0.4, 0.5) is 0 Å². The van der Waals surface area contributed by atoms with Crippen LogP contribution < -0.4 is 15.8 Å². The van der Waals surface area contributed by atoms with E-state index < -0.39 is 0 Å². The van der Waals surface area contributed by atoms with Gasteiger partial charge in [-0.25, -0.2) is 0 Å². The van der Waals surface area contributed by atoms with Crippen LogP contribution in [-0.4, -0.2) is 25.2 Å². The molecule has 0 spiro atoms. The molecule has 86 valence electrons. The second kappa shape index (κ2) is 4.04. The van der Waals surface area contributed by atoms with Crippen LogP contribution in [0.2, 0.25) is 0 Å². The highest BCUT2D eigenvalue weighted by Gasteiger charge is 2.30. The van der Waals surface area contributed by atoms with Gasteiger partial charge < -0.3 is 15.8 Å². The Labute approximate surface area is 95.5 Å². The van der Waals surface area contributed by atoms with Crippen molar-refractivity contribution in [3.8, 4) is 5.75 Å². The normalized spacial score (nSPS) is 23.8. The predicted molar refractivity (Wildman–Crippen MR) is 64.7 cm³/mol. The first-order valence-corrected chi connectivity index (χ1v) is 5.33. The Morgan fingerprint density at radius 1 is 1.50 bits per heavy atom. The Morgan fingerprint density at radius 2 is 2.25 bits per heavy atom. The zero-order chi connectivity index (χ0) is 11.6. The summed E-state index contributed by atoms with van der Waals surface area (Å²) >= 11 is 0. The van der Waals surface area contributed by atoms with Crippen LogP contribution in [0.5, 0.6) is 5.75 Å². The fraction of sp³-hybridized carbons (Fsp3) is 0.417. The molecule has 0 bridgehead atoms. The Hall–Kier alpha value is -1.71. The van der Waals surface area contributed by atoms with E-state index in [0.717, 1.165) is 12.2 Å². The van der Waals surface area contributed by atoms with Gasteiger partial charge in [0.25, 0.3) is 0 Å². The molecule has 3 N–H and O–H groups in total. The average molecular weight is 219 g/mol. The van der Waals surface area contributed by atoms with Gasteiger partial charge in [-0.2, -0.15) is 0 Å². The highest BCUT2D eigenvalue weighted by molar-refractivity contribution is 5.80. The van der Waals surface area contributed by atoms with Crippen LogP contribution in [0, 0.1) is 0 Å². The van der Waals surface area contributed by atoms with Crippen molar-refractivity contribution >= 4 is 5.96 Å². The number of aliphatic imine (C=N–C) groups is 1. The molecule has 0 aromatic heterocycles. The van der Waals surface area contributed by atoms with Crippen molar-refractivity contribution in [3.63, 3.8) is 0 Å². The van der Waals surface area contributed by atoms with Gasteiger partial charge in [-0.3, -0.25) is 4.99 Å². The Kier molecular flexibility index (Phi) is 2.73. The molecule has 0 amide bonds. The fourth-order valence-corrected chi connectivity index (χ4v) is 2.02. The number of para-hydroxylation sites is 1. The maximum absolute atomic E-state index is 5.64. The maximum atomic E-state index is 5.64. The topological polar surface area (TPSA) is 59.6 Å². The van der Waals surface area contributed by atoms with E-state index in [1.807, 2.05) is 18.2 Å². The van der Waals surface area contributed by atoms with E-state index in [0.29, 0.717) is 12.5 Å². The minimum absolute atomic E-state index is 0.0985. The number of rotatable bonds is 3. The lowest BCUT2D eigenvalue weighted by molar-refractivity contribution is 0.395. The van der Waals surface area contributed by atoms with Gasteiger partial charge >= 0.3 is 0 Å². The summed E-state index contributed by atoms with van der Waals surface area (Å²) in [5, 5.41) is 3.20. The van der Waals surface area contributed by atoms with Gasteiger partial charge in [0.15, 0.2) is 5.96 Å². The average Bonchev–Trinajstić information content (AvgIpc) is 2.59. The number of guanidine groups is 1. The summed E-state index contributed by atoms with van der Waals surface area (Å²) in [6.07, 6.45) is 0.848. The fourth-order valence-electron chi connectivity index (χ4n) is 2.02. The number of nitrogens with zero attached hydrogens (tertiary/aromatic N) is 1. The predicted octanol–water partition coefficient (Wildman–Crippen LogP) is 0.914. The van der Waals surface area contributed by atoms with E-state index >= 15 is 0 Å². The smallest absolute Gasteiger partial charge is 0.189 e. The molecule has 4 nitrogen and oxygen atoms in total. The van der Waals surface area contributed by atoms with E-state index in [1.165, 1.54) is 5.56 Å². The molecule has 16 heavy (non-hydrogen) atoms. The summed E-state index contributed by atoms with van der Waals surface area (Å²) in [5.74, 6) is 1.44. The third-order valence-corrected chi connectivity index (χ3v) is 2.80. The second-order valence-electron chi connectivity index (χ2n) is 4.38. The van der Waals surface area contributed by atoms with Crippen molar-refractivity contribution in [1.29, 1.82) is 0 Å². The summed E-state index contributed by atoms with van der Waals surface area (Å²) in [6.45, 7) is 2.82. The number of hydrogen-bond donors (Lipinski definition) is 2. The van der Waals surface area contributed by atoms with Crippen LogP contribution in [-0.2, 0) is 6.42 Å². The van der Waals surface area contributed by atoms with Crippen molar-refractivity contribution in [2.75, 3.05) is 13.7 Å². The molecule has 1 aromatic rings. The molecule has 0 fully saturated rings. The standard InChI is InChI=1S/C12H17N3O/c1-12(8-14-11(13)15-12)7-9-5-3-4-6-10(9)16-2/h3-6H,7-8H2,1-2H3,(H3,13,14,15). The highest BCUT2D eigenvalue weighted by atomic mass is 16.5. The third kappa shape index (κ3) is 2.10. The summed E-state index contributed by atoms with van der Waals surface area (Å²) in [5.41, 5.74) is 6.71. The second-order valence-corrected chi connectivity index (χ2v) is 4.38. The van der Waals surface area contributed by atoms with Crippen LogP contribution in [0.25, 0.3) is 0 Å².